The maximum absolute atomic E-state index is 3.47. The van der Waals surface area contributed by atoms with Gasteiger partial charge >= 0.3 is 0 Å². The Morgan fingerprint density at radius 2 is 2.09 bits per heavy atom. The van der Waals surface area contributed by atoms with Crippen LogP contribution in [-0.2, 0) is 6.42 Å². The smallest absolute Gasteiger partial charge is 0.0248 e. The highest BCUT2D eigenvalue weighted by Gasteiger charge is 2.09. The third-order valence-electron chi connectivity index (χ3n) is 2.00. The van der Waals surface area contributed by atoms with Crippen molar-refractivity contribution in [2.75, 3.05) is 5.33 Å². The molecule has 0 saturated carbocycles. The largest absolute Gasteiger partial charge is 0.0880 e. The van der Waals surface area contributed by atoms with Gasteiger partial charge in [-0.1, -0.05) is 51.8 Å². The van der Waals surface area contributed by atoms with Crippen LogP contribution in [0.3, 0.4) is 0 Å². The number of halogens is 1. The third kappa shape index (κ3) is 1.25. The van der Waals surface area contributed by atoms with Crippen molar-refractivity contribution in [3.63, 3.8) is 0 Å². The van der Waals surface area contributed by atoms with E-state index in [1.807, 2.05) is 0 Å². The van der Waals surface area contributed by atoms with E-state index in [-0.39, 0.29) is 0 Å². The van der Waals surface area contributed by atoms with E-state index in [2.05, 4.69) is 46.3 Å². The van der Waals surface area contributed by atoms with Gasteiger partial charge in [0.25, 0.3) is 0 Å². The molecular weight excluding hydrogens is 200 g/mol. The van der Waals surface area contributed by atoms with Crippen LogP contribution in [0.1, 0.15) is 11.1 Å². The lowest BCUT2D eigenvalue weighted by Crippen LogP contribution is -1.83. The van der Waals surface area contributed by atoms with E-state index in [1.54, 1.807) is 0 Å². The molecule has 0 N–H and O–H groups in total. The highest BCUT2D eigenvalue weighted by atomic mass is 79.9. The van der Waals surface area contributed by atoms with Gasteiger partial charge in [0.2, 0.25) is 0 Å². The lowest BCUT2D eigenvalue weighted by Gasteiger charge is -1.95. The van der Waals surface area contributed by atoms with Crippen molar-refractivity contribution >= 4 is 22.0 Å². The molecule has 0 aromatic heterocycles. The fourth-order valence-corrected chi connectivity index (χ4v) is 1.80. The molecule has 0 saturated heterocycles. The van der Waals surface area contributed by atoms with Crippen molar-refractivity contribution in [3.8, 4) is 0 Å². The van der Waals surface area contributed by atoms with Gasteiger partial charge in [0.05, 0.1) is 0 Å². The van der Waals surface area contributed by atoms with Crippen LogP contribution in [0.4, 0.5) is 0 Å². The predicted molar refractivity (Wildman–Crippen MR) is 51.9 cm³/mol. The standard InChI is InChI=1S/C10H9Br/c11-7-8-5-9-3-1-2-4-10(9)6-8/h1-5H,6-7H2. The molecular formula is C10H9Br. The van der Waals surface area contributed by atoms with Crippen LogP contribution < -0.4 is 0 Å². The highest BCUT2D eigenvalue weighted by molar-refractivity contribution is 9.09. The van der Waals surface area contributed by atoms with E-state index in [0.29, 0.717) is 0 Å². The second kappa shape index (κ2) is 2.82. The lowest BCUT2D eigenvalue weighted by atomic mass is 10.1. The highest BCUT2D eigenvalue weighted by Crippen LogP contribution is 2.25. The first-order valence-electron chi connectivity index (χ1n) is 3.73. The number of rotatable bonds is 1. The summed E-state index contributed by atoms with van der Waals surface area (Å²) in [6, 6.07) is 8.56. The number of allylic oxidation sites excluding steroid dienone is 1. The first-order valence-corrected chi connectivity index (χ1v) is 4.85. The Morgan fingerprint density at radius 1 is 1.27 bits per heavy atom. The quantitative estimate of drug-likeness (QED) is 0.623. The van der Waals surface area contributed by atoms with Gasteiger partial charge in [-0.05, 0) is 17.5 Å². The molecule has 0 bridgehead atoms. The number of alkyl halides is 1. The number of fused-ring (bicyclic) bond motifs is 1. The molecule has 2 rings (SSSR count). The molecule has 0 radical (unpaired) electrons. The number of hydrogen-bond acceptors (Lipinski definition) is 0. The average molecular weight is 209 g/mol. The minimum atomic E-state index is 1.00. The Bertz CT molecular complexity index is 299. The zero-order valence-corrected chi connectivity index (χ0v) is 7.76. The first-order chi connectivity index (χ1) is 5.40. The van der Waals surface area contributed by atoms with E-state index in [1.165, 1.54) is 16.7 Å². The molecule has 56 valence electrons. The summed E-state index contributed by atoms with van der Waals surface area (Å²) in [5, 5.41) is 1.00. The van der Waals surface area contributed by atoms with Crippen LogP contribution in [0.5, 0.6) is 0 Å². The maximum Gasteiger partial charge on any atom is 0.0248 e. The summed E-state index contributed by atoms with van der Waals surface area (Å²) in [4.78, 5) is 0. The normalized spacial score (nSPS) is 14.5. The van der Waals surface area contributed by atoms with Crippen molar-refractivity contribution in [3.05, 3.63) is 41.0 Å². The minimum absolute atomic E-state index is 1.00. The Kier molecular flexibility index (Phi) is 1.82. The molecule has 1 aliphatic carbocycles. The molecule has 1 heteroatoms. The molecule has 0 atom stereocenters. The van der Waals surface area contributed by atoms with Crippen molar-refractivity contribution < 1.29 is 0 Å². The first kappa shape index (κ1) is 7.11. The molecule has 1 aromatic carbocycles. The van der Waals surface area contributed by atoms with Gasteiger partial charge in [-0.15, -0.1) is 0 Å². The van der Waals surface area contributed by atoms with Gasteiger partial charge < -0.3 is 0 Å². The summed E-state index contributed by atoms with van der Waals surface area (Å²) in [5.41, 5.74) is 4.33. The van der Waals surface area contributed by atoms with Crippen molar-refractivity contribution in [2.24, 2.45) is 0 Å². The van der Waals surface area contributed by atoms with Crippen molar-refractivity contribution in [1.29, 1.82) is 0 Å². The Hall–Kier alpha value is -0.560. The van der Waals surface area contributed by atoms with Gasteiger partial charge in [0.1, 0.15) is 0 Å². The molecule has 0 spiro atoms. The molecule has 0 nitrogen and oxygen atoms in total. The lowest BCUT2D eigenvalue weighted by molar-refractivity contribution is 1.21. The van der Waals surface area contributed by atoms with Crippen LogP contribution >= 0.6 is 15.9 Å². The van der Waals surface area contributed by atoms with Crippen molar-refractivity contribution in [1.82, 2.24) is 0 Å². The molecule has 0 amide bonds. The monoisotopic (exact) mass is 208 g/mol. The van der Waals surface area contributed by atoms with E-state index < -0.39 is 0 Å². The fourth-order valence-electron chi connectivity index (χ4n) is 1.44. The molecule has 0 unspecified atom stereocenters. The zero-order chi connectivity index (χ0) is 7.68. The molecule has 0 fully saturated rings. The third-order valence-corrected chi connectivity index (χ3v) is 2.72. The van der Waals surface area contributed by atoms with Crippen LogP contribution in [0.25, 0.3) is 6.08 Å². The number of benzene rings is 1. The summed E-state index contributed by atoms with van der Waals surface area (Å²) in [6.07, 6.45) is 3.39. The molecule has 11 heavy (non-hydrogen) atoms. The summed E-state index contributed by atoms with van der Waals surface area (Å²) in [6.45, 7) is 0. The molecule has 0 aliphatic heterocycles. The van der Waals surface area contributed by atoms with Gasteiger partial charge in [-0.3, -0.25) is 0 Å². The SMILES string of the molecule is BrCC1=Cc2ccccc2C1. The summed E-state index contributed by atoms with van der Waals surface area (Å²) in [5.74, 6) is 0. The fraction of sp³-hybridized carbons (Fsp3) is 0.200. The van der Waals surface area contributed by atoms with Crippen LogP contribution in [0.15, 0.2) is 29.8 Å². The number of hydrogen-bond donors (Lipinski definition) is 0. The van der Waals surface area contributed by atoms with Crippen LogP contribution in [0.2, 0.25) is 0 Å². The average Bonchev–Trinajstić information content (AvgIpc) is 2.46. The summed E-state index contributed by atoms with van der Waals surface area (Å²) in [7, 11) is 0. The topological polar surface area (TPSA) is 0 Å². The molecule has 1 aromatic rings. The Labute approximate surface area is 75.1 Å². The van der Waals surface area contributed by atoms with E-state index in [4.69, 9.17) is 0 Å². The zero-order valence-electron chi connectivity index (χ0n) is 6.18. The van der Waals surface area contributed by atoms with Crippen LogP contribution in [0, 0.1) is 0 Å². The predicted octanol–water partition coefficient (Wildman–Crippen LogP) is 3.02. The van der Waals surface area contributed by atoms with Crippen molar-refractivity contribution in [2.45, 2.75) is 6.42 Å². The Morgan fingerprint density at radius 3 is 2.82 bits per heavy atom. The Balaban J connectivity index is 2.39. The second-order valence-electron chi connectivity index (χ2n) is 2.81. The second-order valence-corrected chi connectivity index (χ2v) is 3.37. The van der Waals surface area contributed by atoms with Gasteiger partial charge in [-0.25, -0.2) is 0 Å². The van der Waals surface area contributed by atoms with Gasteiger partial charge in [0.15, 0.2) is 0 Å². The summed E-state index contributed by atoms with van der Waals surface area (Å²) < 4.78 is 0. The van der Waals surface area contributed by atoms with E-state index >= 15 is 0 Å². The maximum atomic E-state index is 3.47. The molecule has 0 heterocycles. The minimum Gasteiger partial charge on any atom is -0.0880 e. The van der Waals surface area contributed by atoms with Crippen LogP contribution in [-0.4, -0.2) is 5.33 Å². The van der Waals surface area contributed by atoms with E-state index in [0.717, 1.165) is 11.8 Å². The summed E-state index contributed by atoms with van der Waals surface area (Å²) >= 11 is 3.47. The van der Waals surface area contributed by atoms with Gasteiger partial charge in [-0.2, -0.15) is 0 Å². The van der Waals surface area contributed by atoms with E-state index in [9.17, 15) is 0 Å². The molecule has 1 aliphatic rings. The van der Waals surface area contributed by atoms with Gasteiger partial charge in [0, 0.05) is 5.33 Å².